The van der Waals surface area contributed by atoms with Crippen molar-refractivity contribution >= 4 is 23.9 Å². The first-order chi connectivity index (χ1) is 15.9. The van der Waals surface area contributed by atoms with Gasteiger partial charge in [-0.25, -0.2) is 4.79 Å². The quantitative estimate of drug-likeness (QED) is 0.489. The van der Waals surface area contributed by atoms with Gasteiger partial charge in [-0.15, -0.1) is 0 Å². The number of carbonyl (C=O) groups excluding carboxylic acids is 4. The summed E-state index contributed by atoms with van der Waals surface area (Å²) in [6.45, 7) is 7.93. The van der Waals surface area contributed by atoms with E-state index in [1.165, 1.54) is 18.9 Å². The average Bonchev–Trinajstić information content (AvgIpc) is 2.70. The highest BCUT2D eigenvalue weighted by molar-refractivity contribution is 5.93. The van der Waals surface area contributed by atoms with Crippen LogP contribution in [0.15, 0.2) is 18.2 Å². The number of methoxy groups -OCH3 is 1. The zero-order chi connectivity index (χ0) is 25.6. The summed E-state index contributed by atoms with van der Waals surface area (Å²) in [4.78, 5) is 52.2. The Kier molecular flexibility index (Phi) is 8.89. The number of esters is 1. The summed E-state index contributed by atoms with van der Waals surface area (Å²) in [5.41, 5.74) is 0.0146. The summed E-state index contributed by atoms with van der Waals surface area (Å²) >= 11 is 0. The van der Waals surface area contributed by atoms with Crippen molar-refractivity contribution in [2.75, 3.05) is 13.7 Å². The Hall–Kier alpha value is -3.30. The Balaban J connectivity index is 2.42. The molecular formula is C24H35N3O7. The van der Waals surface area contributed by atoms with Crippen molar-refractivity contribution in [3.8, 4) is 5.75 Å². The van der Waals surface area contributed by atoms with Gasteiger partial charge in [0.15, 0.2) is 0 Å². The minimum Gasteiger partial charge on any atom is -0.507 e. The van der Waals surface area contributed by atoms with Crippen LogP contribution in [0.5, 0.6) is 5.75 Å². The number of nitrogens with one attached hydrogen (secondary N) is 2. The lowest BCUT2D eigenvalue weighted by Crippen LogP contribution is -2.57. The molecular weight excluding hydrogens is 442 g/mol. The molecule has 2 unspecified atom stereocenters. The van der Waals surface area contributed by atoms with Crippen LogP contribution in [0.1, 0.15) is 64.1 Å². The smallest absolute Gasteiger partial charge is 0.408 e. The Morgan fingerprint density at radius 2 is 1.85 bits per heavy atom. The summed E-state index contributed by atoms with van der Waals surface area (Å²) in [7, 11) is 1.20. The van der Waals surface area contributed by atoms with Gasteiger partial charge >= 0.3 is 12.1 Å². The Morgan fingerprint density at radius 1 is 1.21 bits per heavy atom. The third-order valence-electron chi connectivity index (χ3n) is 5.55. The van der Waals surface area contributed by atoms with E-state index >= 15 is 0 Å². The van der Waals surface area contributed by atoms with Gasteiger partial charge in [0.2, 0.25) is 11.8 Å². The second-order valence-electron chi connectivity index (χ2n) is 9.41. The van der Waals surface area contributed by atoms with E-state index in [1.807, 2.05) is 0 Å². The summed E-state index contributed by atoms with van der Waals surface area (Å²) < 4.78 is 9.85. The van der Waals surface area contributed by atoms with E-state index in [1.54, 1.807) is 45.9 Å². The molecule has 0 bridgehead atoms. The number of aryl methyl sites for hydroxylation is 1. The van der Waals surface area contributed by atoms with Crippen LogP contribution in [0.3, 0.4) is 0 Å². The number of ether oxygens (including phenoxy) is 2. The molecule has 1 aliphatic rings. The fourth-order valence-electron chi connectivity index (χ4n) is 3.60. The first kappa shape index (κ1) is 26.9. The zero-order valence-corrected chi connectivity index (χ0v) is 20.6. The maximum Gasteiger partial charge on any atom is 0.408 e. The standard InChI is InChI=1S/C24H35N3O7/c1-14-9-7-12-17(20(14)29)19(21(30)25-13-18(28)33-6)27(16-10-8-11-16)22(31)15(2)26-23(32)34-24(3,4)5/h7,9,12,15-16,19,29H,8,10-11,13H2,1-6H3,(H,25,30)(H,26,32). The van der Waals surface area contributed by atoms with Gasteiger partial charge in [0.05, 0.1) is 7.11 Å². The highest BCUT2D eigenvalue weighted by atomic mass is 16.6. The number of phenols is 1. The SMILES string of the molecule is COC(=O)CNC(=O)C(c1cccc(C)c1O)N(C(=O)C(C)NC(=O)OC(C)(C)C)C1CCC1. The average molecular weight is 478 g/mol. The van der Waals surface area contributed by atoms with E-state index < -0.39 is 48.1 Å². The lowest BCUT2D eigenvalue weighted by molar-refractivity contribution is -0.148. The fourth-order valence-corrected chi connectivity index (χ4v) is 3.60. The van der Waals surface area contributed by atoms with Crippen LogP contribution in [0.4, 0.5) is 4.79 Å². The second kappa shape index (κ2) is 11.2. The molecule has 0 saturated heterocycles. The van der Waals surface area contributed by atoms with Crippen LogP contribution in [0.25, 0.3) is 0 Å². The molecule has 1 aromatic rings. The van der Waals surface area contributed by atoms with Crippen molar-refractivity contribution in [3.05, 3.63) is 29.3 Å². The van der Waals surface area contributed by atoms with Gasteiger partial charge in [-0.2, -0.15) is 0 Å². The summed E-state index contributed by atoms with van der Waals surface area (Å²) in [6.07, 6.45) is 1.45. The monoisotopic (exact) mass is 477 g/mol. The van der Waals surface area contributed by atoms with Crippen LogP contribution in [0.2, 0.25) is 0 Å². The van der Waals surface area contributed by atoms with E-state index in [-0.39, 0.29) is 17.4 Å². The van der Waals surface area contributed by atoms with Crippen molar-refractivity contribution in [2.24, 2.45) is 0 Å². The maximum atomic E-state index is 13.6. The van der Waals surface area contributed by atoms with Crippen LogP contribution < -0.4 is 10.6 Å². The number of amides is 3. The number of nitrogens with zero attached hydrogens (tertiary/aromatic N) is 1. The molecule has 0 heterocycles. The molecule has 0 spiro atoms. The van der Waals surface area contributed by atoms with Crippen LogP contribution in [-0.4, -0.2) is 65.2 Å². The van der Waals surface area contributed by atoms with E-state index in [0.717, 1.165) is 6.42 Å². The second-order valence-corrected chi connectivity index (χ2v) is 9.41. The lowest BCUT2D eigenvalue weighted by Gasteiger charge is -2.43. The topological polar surface area (TPSA) is 134 Å². The van der Waals surface area contributed by atoms with E-state index in [0.29, 0.717) is 18.4 Å². The van der Waals surface area contributed by atoms with Gasteiger partial charge in [0, 0.05) is 11.6 Å². The minimum atomic E-state index is -1.22. The number of benzene rings is 1. The number of hydrogen-bond acceptors (Lipinski definition) is 7. The largest absolute Gasteiger partial charge is 0.507 e. The molecule has 2 rings (SSSR count). The predicted octanol–water partition coefficient (Wildman–Crippen LogP) is 2.33. The molecule has 34 heavy (non-hydrogen) atoms. The van der Waals surface area contributed by atoms with Gasteiger partial charge in [-0.1, -0.05) is 18.2 Å². The summed E-state index contributed by atoms with van der Waals surface area (Å²) in [5, 5.41) is 15.8. The normalized spacial score (nSPS) is 15.4. The van der Waals surface area contributed by atoms with Crippen molar-refractivity contribution in [3.63, 3.8) is 0 Å². The summed E-state index contributed by atoms with van der Waals surface area (Å²) in [6, 6.07) is 2.43. The van der Waals surface area contributed by atoms with Gasteiger partial charge in [-0.05, 0) is 59.4 Å². The molecule has 1 aliphatic carbocycles. The van der Waals surface area contributed by atoms with Crippen molar-refractivity contribution < 1.29 is 33.8 Å². The number of aromatic hydroxyl groups is 1. The van der Waals surface area contributed by atoms with E-state index in [4.69, 9.17) is 4.74 Å². The molecule has 188 valence electrons. The molecule has 0 aromatic heterocycles. The Bertz CT molecular complexity index is 922. The fraction of sp³-hybridized carbons (Fsp3) is 0.583. The third kappa shape index (κ3) is 6.85. The molecule has 1 aromatic carbocycles. The Morgan fingerprint density at radius 3 is 2.38 bits per heavy atom. The number of para-hydroxylation sites is 1. The number of carbonyl (C=O) groups is 4. The first-order valence-corrected chi connectivity index (χ1v) is 11.3. The molecule has 1 saturated carbocycles. The molecule has 10 heteroatoms. The first-order valence-electron chi connectivity index (χ1n) is 11.3. The van der Waals surface area contributed by atoms with Gasteiger partial charge in [-0.3, -0.25) is 14.4 Å². The molecule has 10 nitrogen and oxygen atoms in total. The lowest BCUT2D eigenvalue weighted by atomic mass is 9.87. The number of hydrogen-bond donors (Lipinski definition) is 3. The molecule has 0 radical (unpaired) electrons. The Labute approximate surface area is 200 Å². The zero-order valence-electron chi connectivity index (χ0n) is 20.6. The number of phenolic OH excluding ortho intramolecular Hbond substituents is 1. The molecule has 3 amide bonds. The molecule has 0 aliphatic heterocycles. The van der Waals surface area contributed by atoms with Gasteiger partial charge in [0.1, 0.15) is 30.0 Å². The number of rotatable bonds is 8. The van der Waals surface area contributed by atoms with Gasteiger partial charge < -0.3 is 30.1 Å². The van der Waals surface area contributed by atoms with Crippen molar-refractivity contribution in [2.45, 2.75) is 77.6 Å². The van der Waals surface area contributed by atoms with E-state index in [2.05, 4.69) is 15.4 Å². The molecule has 1 fully saturated rings. The summed E-state index contributed by atoms with van der Waals surface area (Å²) in [5.74, 6) is -1.92. The predicted molar refractivity (Wildman–Crippen MR) is 124 cm³/mol. The van der Waals surface area contributed by atoms with Crippen molar-refractivity contribution in [1.82, 2.24) is 15.5 Å². The molecule has 3 N–H and O–H groups in total. The molecule has 2 atom stereocenters. The van der Waals surface area contributed by atoms with Crippen LogP contribution >= 0.6 is 0 Å². The van der Waals surface area contributed by atoms with Crippen LogP contribution in [0, 0.1) is 6.92 Å². The maximum absolute atomic E-state index is 13.6. The van der Waals surface area contributed by atoms with E-state index in [9.17, 15) is 24.3 Å². The number of alkyl carbamates (subject to hydrolysis) is 1. The van der Waals surface area contributed by atoms with Crippen molar-refractivity contribution in [1.29, 1.82) is 0 Å². The van der Waals surface area contributed by atoms with Gasteiger partial charge in [0.25, 0.3) is 0 Å². The third-order valence-corrected chi connectivity index (χ3v) is 5.55. The van der Waals surface area contributed by atoms with Crippen LogP contribution in [-0.2, 0) is 23.9 Å². The minimum absolute atomic E-state index is 0.120. The highest BCUT2D eigenvalue weighted by Crippen LogP contribution is 2.37. The highest BCUT2D eigenvalue weighted by Gasteiger charge is 2.42.